The molecule has 8 aromatic carbocycles. The van der Waals surface area contributed by atoms with Gasteiger partial charge in [-0.15, -0.1) is 0 Å². The summed E-state index contributed by atoms with van der Waals surface area (Å²) in [6.07, 6.45) is 2.23. The van der Waals surface area contributed by atoms with E-state index in [1.54, 1.807) is 0 Å². The van der Waals surface area contributed by atoms with Crippen LogP contribution < -0.4 is 5.32 Å². The first-order valence-corrected chi connectivity index (χ1v) is 19.8. The minimum atomic E-state index is -0.0580. The molecule has 0 saturated heterocycles. The van der Waals surface area contributed by atoms with Gasteiger partial charge < -0.3 is 9.73 Å². The van der Waals surface area contributed by atoms with Crippen LogP contribution in [0.4, 0.5) is 0 Å². The highest BCUT2D eigenvalue weighted by Crippen LogP contribution is 2.43. The molecule has 0 bridgehead atoms. The lowest BCUT2D eigenvalue weighted by atomic mass is 9.91. The summed E-state index contributed by atoms with van der Waals surface area (Å²) in [5.41, 5.74) is 10.5. The van der Waals surface area contributed by atoms with E-state index in [0.29, 0.717) is 17.5 Å². The van der Waals surface area contributed by atoms with Crippen molar-refractivity contribution in [1.29, 1.82) is 0 Å². The Kier molecular flexibility index (Phi) is 8.44. The zero-order valence-electron chi connectivity index (χ0n) is 31.8. The van der Waals surface area contributed by atoms with Crippen molar-refractivity contribution in [3.8, 4) is 45.3 Å². The van der Waals surface area contributed by atoms with Gasteiger partial charge in [-0.2, -0.15) is 0 Å². The predicted molar refractivity (Wildman–Crippen MR) is 240 cm³/mol. The average Bonchev–Trinajstić information content (AvgIpc) is 3.70. The van der Waals surface area contributed by atoms with Crippen LogP contribution in [0.1, 0.15) is 22.7 Å². The number of aliphatic imine (C=N–C) groups is 1. The van der Waals surface area contributed by atoms with E-state index in [1.807, 2.05) is 97.1 Å². The van der Waals surface area contributed by atoms with E-state index in [2.05, 4.69) is 108 Å². The van der Waals surface area contributed by atoms with Crippen LogP contribution in [-0.4, -0.2) is 20.8 Å². The summed E-state index contributed by atoms with van der Waals surface area (Å²) in [6.45, 7) is 0. The highest BCUT2D eigenvalue weighted by Gasteiger charge is 2.23. The molecule has 1 atom stereocenters. The van der Waals surface area contributed by atoms with Gasteiger partial charge in [0.25, 0.3) is 0 Å². The Hall–Kier alpha value is -7.96. The van der Waals surface area contributed by atoms with Gasteiger partial charge in [-0.1, -0.05) is 176 Å². The molecule has 11 rings (SSSR count). The number of para-hydroxylation sites is 1. The van der Waals surface area contributed by atoms with Crippen molar-refractivity contribution < 1.29 is 4.42 Å². The molecule has 278 valence electrons. The van der Waals surface area contributed by atoms with Gasteiger partial charge in [0.15, 0.2) is 17.5 Å². The smallest absolute Gasteiger partial charge is 0.164 e. The van der Waals surface area contributed by atoms with Crippen LogP contribution >= 0.6 is 0 Å². The second-order valence-electron chi connectivity index (χ2n) is 14.7. The third-order valence-electron chi connectivity index (χ3n) is 11.0. The van der Waals surface area contributed by atoms with Crippen LogP contribution in [0.15, 0.2) is 210 Å². The molecule has 1 aliphatic rings. The molecule has 1 N–H and O–H groups in total. The maximum atomic E-state index is 6.64. The Labute approximate surface area is 340 Å². The molecule has 6 nitrogen and oxygen atoms in total. The first-order valence-electron chi connectivity index (χ1n) is 19.8. The Morgan fingerprint density at radius 1 is 0.407 bits per heavy atom. The molecule has 10 aromatic rings. The van der Waals surface area contributed by atoms with Crippen molar-refractivity contribution in [2.45, 2.75) is 6.04 Å². The fourth-order valence-electron chi connectivity index (χ4n) is 8.16. The van der Waals surface area contributed by atoms with E-state index in [4.69, 9.17) is 24.4 Å². The summed E-state index contributed by atoms with van der Waals surface area (Å²) in [7, 11) is 0. The SMILES string of the molecule is C1=C(c2ccc(-c3cc(-c4nc(-c5ccccc5)nc(-c5ccccc5)n4)c4c(c3)oc3ccccc34)c3ccccc23)N=C(c2ccccc2)NC1c1ccccc1. The van der Waals surface area contributed by atoms with Crippen LogP contribution in [0.3, 0.4) is 0 Å². The summed E-state index contributed by atoms with van der Waals surface area (Å²) < 4.78 is 6.64. The standard InChI is InChI=1S/C53H35N5O/c1-5-17-34(18-6-1)45-33-46(55-50(54-45)35-19-7-2-8-20-35)42-30-29-39(40-25-13-14-26-41(40)42)38-31-44(49-43-27-15-16-28-47(43)59-48(49)32-38)53-57-51(36-21-9-3-10-22-36)56-52(58-53)37-23-11-4-12-24-37/h1-33,45H,(H,54,55). The van der Waals surface area contributed by atoms with E-state index in [-0.39, 0.29) is 6.04 Å². The van der Waals surface area contributed by atoms with Gasteiger partial charge in [0.05, 0.1) is 11.7 Å². The number of hydrogen-bond donors (Lipinski definition) is 1. The molecule has 0 amide bonds. The fraction of sp³-hybridized carbons (Fsp3) is 0.0189. The van der Waals surface area contributed by atoms with Gasteiger partial charge in [0.1, 0.15) is 17.0 Å². The number of nitrogens with zero attached hydrogens (tertiary/aromatic N) is 4. The second-order valence-corrected chi connectivity index (χ2v) is 14.7. The van der Waals surface area contributed by atoms with E-state index in [0.717, 1.165) is 83.2 Å². The largest absolute Gasteiger partial charge is 0.456 e. The quantitative estimate of drug-likeness (QED) is 0.175. The third kappa shape index (κ3) is 6.33. The van der Waals surface area contributed by atoms with Crippen LogP contribution in [0.5, 0.6) is 0 Å². The molecule has 59 heavy (non-hydrogen) atoms. The lowest BCUT2D eigenvalue weighted by Crippen LogP contribution is -2.31. The Morgan fingerprint density at radius 2 is 0.932 bits per heavy atom. The van der Waals surface area contributed by atoms with E-state index in [9.17, 15) is 0 Å². The monoisotopic (exact) mass is 757 g/mol. The van der Waals surface area contributed by atoms with Crippen molar-refractivity contribution in [2.75, 3.05) is 0 Å². The Bertz CT molecular complexity index is 3170. The molecule has 0 spiro atoms. The number of rotatable bonds is 7. The molecular formula is C53H35N5O. The molecule has 6 heteroatoms. The van der Waals surface area contributed by atoms with Crippen molar-refractivity contribution in [3.63, 3.8) is 0 Å². The number of fused-ring (bicyclic) bond motifs is 4. The first kappa shape index (κ1) is 34.3. The summed E-state index contributed by atoms with van der Waals surface area (Å²) in [4.78, 5) is 20.6. The van der Waals surface area contributed by atoms with E-state index >= 15 is 0 Å². The number of furan rings is 1. The molecule has 3 heterocycles. The third-order valence-corrected chi connectivity index (χ3v) is 11.0. The van der Waals surface area contributed by atoms with Gasteiger partial charge in [0, 0.05) is 38.6 Å². The second kappa shape index (κ2) is 14.5. The number of hydrogen-bond acceptors (Lipinski definition) is 6. The minimum absolute atomic E-state index is 0.0580. The summed E-state index contributed by atoms with van der Waals surface area (Å²) in [5.74, 6) is 2.63. The maximum Gasteiger partial charge on any atom is 0.164 e. The number of amidine groups is 1. The zero-order valence-corrected chi connectivity index (χ0v) is 31.8. The lowest BCUT2D eigenvalue weighted by molar-refractivity contribution is 0.669. The first-order chi connectivity index (χ1) is 29.2. The normalized spacial score (nSPS) is 13.9. The molecule has 0 aliphatic carbocycles. The van der Waals surface area contributed by atoms with Crippen LogP contribution in [0.25, 0.3) is 83.7 Å². The Balaban J connectivity index is 1.12. The molecule has 0 saturated carbocycles. The number of nitrogens with one attached hydrogen (secondary N) is 1. The van der Waals surface area contributed by atoms with Gasteiger partial charge >= 0.3 is 0 Å². The van der Waals surface area contributed by atoms with Crippen LogP contribution in [0, 0.1) is 0 Å². The van der Waals surface area contributed by atoms with E-state index < -0.39 is 0 Å². The van der Waals surface area contributed by atoms with Gasteiger partial charge in [-0.25, -0.2) is 19.9 Å². The summed E-state index contributed by atoms with van der Waals surface area (Å²) in [5, 5.41) is 7.87. The van der Waals surface area contributed by atoms with Crippen LogP contribution in [-0.2, 0) is 0 Å². The topological polar surface area (TPSA) is 76.2 Å². The van der Waals surface area contributed by atoms with Crippen LogP contribution in [0.2, 0.25) is 0 Å². The molecule has 2 aromatic heterocycles. The van der Waals surface area contributed by atoms with E-state index in [1.165, 1.54) is 5.56 Å². The lowest BCUT2D eigenvalue weighted by Gasteiger charge is -2.25. The molecular weight excluding hydrogens is 723 g/mol. The van der Waals surface area contributed by atoms with Gasteiger partial charge in [0.2, 0.25) is 0 Å². The van der Waals surface area contributed by atoms with Crippen molar-refractivity contribution in [1.82, 2.24) is 20.3 Å². The van der Waals surface area contributed by atoms with Crippen molar-refractivity contribution >= 4 is 44.2 Å². The molecule has 0 fully saturated rings. The molecule has 0 radical (unpaired) electrons. The highest BCUT2D eigenvalue weighted by atomic mass is 16.3. The maximum absolute atomic E-state index is 6.64. The van der Waals surface area contributed by atoms with Gasteiger partial charge in [-0.05, 0) is 51.7 Å². The summed E-state index contributed by atoms with van der Waals surface area (Å²) >= 11 is 0. The van der Waals surface area contributed by atoms with Crippen molar-refractivity contribution in [2.24, 2.45) is 4.99 Å². The van der Waals surface area contributed by atoms with Crippen molar-refractivity contribution in [3.05, 3.63) is 217 Å². The highest BCUT2D eigenvalue weighted by molar-refractivity contribution is 6.14. The average molecular weight is 758 g/mol. The number of benzene rings is 8. The Morgan fingerprint density at radius 3 is 1.59 bits per heavy atom. The minimum Gasteiger partial charge on any atom is -0.456 e. The zero-order chi connectivity index (χ0) is 39.1. The molecule has 1 aliphatic heterocycles. The fourth-order valence-corrected chi connectivity index (χ4v) is 8.16. The predicted octanol–water partition coefficient (Wildman–Crippen LogP) is 12.7. The van der Waals surface area contributed by atoms with Gasteiger partial charge in [-0.3, -0.25) is 0 Å². The number of aromatic nitrogens is 3. The summed E-state index contributed by atoms with van der Waals surface area (Å²) in [6, 6.07) is 66.5. The molecule has 1 unspecified atom stereocenters.